The molecule has 2 rings (SSSR count). The van der Waals surface area contributed by atoms with Crippen LogP contribution in [0.15, 0.2) is 5.51 Å². The highest BCUT2D eigenvalue weighted by molar-refractivity contribution is 7.09. The summed E-state index contributed by atoms with van der Waals surface area (Å²) < 4.78 is 0. The molecule has 1 heterocycles. The summed E-state index contributed by atoms with van der Waals surface area (Å²) in [6.07, 6.45) is 3.88. The van der Waals surface area contributed by atoms with Gasteiger partial charge in [-0.3, -0.25) is 0 Å². The summed E-state index contributed by atoms with van der Waals surface area (Å²) in [7, 11) is 0. The SMILES string of the molecule is CC1(C)CCCc2scnc21. The third-order valence-electron chi connectivity index (χ3n) is 2.49. The van der Waals surface area contributed by atoms with Crippen LogP contribution >= 0.6 is 11.3 Å². The van der Waals surface area contributed by atoms with E-state index < -0.39 is 0 Å². The molecule has 1 aliphatic rings. The molecule has 1 aromatic rings. The topological polar surface area (TPSA) is 12.9 Å². The number of nitrogens with zero attached hydrogens (tertiary/aromatic N) is 1. The average Bonchev–Trinajstić information content (AvgIpc) is 2.34. The van der Waals surface area contributed by atoms with E-state index in [9.17, 15) is 0 Å². The molecule has 2 heteroatoms. The van der Waals surface area contributed by atoms with Gasteiger partial charge < -0.3 is 0 Å². The zero-order chi connectivity index (χ0) is 7.90. The highest BCUT2D eigenvalue weighted by Crippen LogP contribution is 2.37. The van der Waals surface area contributed by atoms with Crippen molar-refractivity contribution in [2.45, 2.75) is 38.5 Å². The normalized spacial score (nSPS) is 21.3. The van der Waals surface area contributed by atoms with E-state index in [1.807, 2.05) is 16.8 Å². The zero-order valence-corrected chi connectivity index (χ0v) is 7.87. The Balaban J connectivity index is 2.48. The lowest BCUT2D eigenvalue weighted by molar-refractivity contribution is 0.424. The molecule has 0 spiro atoms. The monoisotopic (exact) mass is 167 g/mol. The van der Waals surface area contributed by atoms with Crippen LogP contribution in [0.1, 0.15) is 37.3 Å². The molecule has 0 aromatic carbocycles. The van der Waals surface area contributed by atoms with Crippen LogP contribution in [0.4, 0.5) is 0 Å². The fourth-order valence-electron chi connectivity index (χ4n) is 1.81. The number of hydrogen-bond donors (Lipinski definition) is 0. The van der Waals surface area contributed by atoms with Crippen molar-refractivity contribution in [1.29, 1.82) is 0 Å². The first kappa shape index (κ1) is 7.29. The van der Waals surface area contributed by atoms with Crippen molar-refractivity contribution in [3.8, 4) is 0 Å². The minimum absolute atomic E-state index is 0.341. The maximum Gasteiger partial charge on any atom is 0.0797 e. The quantitative estimate of drug-likeness (QED) is 0.579. The van der Waals surface area contributed by atoms with E-state index in [1.54, 1.807) is 0 Å². The van der Waals surface area contributed by atoms with Gasteiger partial charge in [-0.15, -0.1) is 11.3 Å². The lowest BCUT2D eigenvalue weighted by Gasteiger charge is -2.28. The van der Waals surface area contributed by atoms with Gasteiger partial charge in [0, 0.05) is 10.3 Å². The van der Waals surface area contributed by atoms with Crippen molar-refractivity contribution in [3.05, 3.63) is 16.1 Å². The highest BCUT2D eigenvalue weighted by Gasteiger charge is 2.29. The number of rotatable bonds is 0. The molecule has 1 aliphatic carbocycles. The van der Waals surface area contributed by atoms with Crippen molar-refractivity contribution in [2.75, 3.05) is 0 Å². The van der Waals surface area contributed by atoms with Crippen molar-refractivity contribution < 1.29 is 0 Å². The zero-order valence-electron chi connectivity index (χ0n) is 7.05. The van der Waals surface area contributed by atoms with E-state index in [1.165, 1.54) is 29.8 Å². The Kier molecular flexibility index (Phi) is 1.53. The van der Waals surface area contributed by atoms with Crippen LogP contribution in [0.5, 0.6) is 0 Å². The van der Waals surface area contributed by atoms with Crippen molar-refractivity contribution in [1.82, 2.24) is 4.98 Å². The van der Waals surface area contributed by atoms with E-state index in [-0.39, 0.29) is 0 Å². The van der Waals surface area contributed by atoms with Crippen LogP contribution in [0.2, 0.25) is 0 Å². The summed E-state index contributed by atoms with van der Waals surface area (Å²) in [5, 5.41) is 0. The molecule has 0 saturated carbocycles. The van der Waals surface area contributed by atoms with Gasteiger partial charge >= 0.3 is 0 Å². The number of fused-ring (bicyclic) bond motifs is 1. The Bertz CT molecular complexity index is 262. The molecular formula is C9H13NS. The Morgan fingerprint density at radius 1 is 1.55 bits per heavy atom. The average molecular weight is 167 g/mol. The van der Waals surface area contributed by atoms with E-state index in [0.717, 1.165) is 0 Å². The molecule has 0 N–H and O–H groups in total. The molecule has 0 atom stereocenters. The Labute approximate surface area is 71.5 Å². The van der Waals surface area contributed by atoms with Crippen molar-refractivity contribution in [2.24, 2.45) is 0 Å². The fourth-order valence-corrected chi connectivity index (χ4v) is 2.80. The van der Waals surface area contributed by atoms with E-state index in [0.29, 0.717) is 5.41 Å². The van der Waals surface area contributed by atoms with Gasteiger partial charge in [0.25, 0.3) is 0 Å². The molecule has 1 aromatic heterocycles. The van der Waals surface area contributed by atoms with Gasteiger partial charge in [0.05, 0.1) is 11.2 Å². The molecule has 0 radical (unpaired) electrons. The molecule has 60 valence electrons. The summed E-state index contributed by atoms with van der Waals surface area (Å²) in [5.74, 6) is 0. The molecule has 0 fully saturated rings. The second kappa shape index (κ2) is 2.31. The van der Waals surface area contributed by atoms with Crippen LogP contribution in [0.3, 0.4) is 0 Å². The first-order chi connectivity index (χ1) is 5.20. The molecule has 0 bridgehead atoms. The standard InChI is InChI=1S/C9H13NS/c1-9(2)5-3-4-7-8(9)10-6-11-7/h6H,3-5H2,1-2H3. The number of thiazole rings is 1. The molecule has 0 saturated heterocycles. The minimum Gasteiger partial charge on any atom is -0.249 e. The smallest absolute Gasteiger partial charge is 0.0797 e. The van der Waals surface area contributed by atoms with Crippen molar-refractivity contribution >= 4 is 11.3 Å². The van der Waals surface area contributed by atoms with Crippen LogP contribution in [0.25, 0.3) is 0 Å². The second-order valence-corrected chi connectivity index (χ2v) is 4.80. The summed E-state index contributed by atoms with van der Waals surface area (Å²) in [6, 6.07) is 0. The van der Waals surface area contributed by atoms with Crippen LogP contribution in [0, 0.1) is 0 Å². The molecule has 0 amide bonds. The minimum atomic E-state index is 0.341. The molecule has 1 nitrogen and oxygen atoms in total. The van der Waals surface area contributed by atoms with Gasteiger partial charge in [-0.05, 0) is 19.3 Å². The third-order valence-corrected chi connectivity index (χ3v) is 3.38. The summed E-state index contributed by atoms with van der Waals surface area (Å²) in [6.45, 7) is 4.59. The summed E-state index contributed by atoms with van der Waals surface area (Å²) in [5.41, 5.74) is 3.68. The van der Waals surface area contributed by atoms with Crippen molar-refractivity contribution in [3.63, 3.8) is 0 Å². The highest BCUT2D eigenvalue weighted by atomic mass is 32.1. The molecule has 0 unspecified atom stereocenters. The Hall–Kier alpha value is -0.370. The largest absolute Gasteiger partial charge is 0.249 e. The van der Waals surface area contributed by atoms with Gasteiger partial charge in [0.2, 0.25) is 0 Å². The first-order valence-corrected chi connectivity index (χ1v) is 5.01. The van der Waals surface area contributed by atoms with Gasteiger partial charge in [-0.25, -0.2) is 4.98 Å². The number of hydrogen-bond acceptors (Lipinski definition) is 2. The summed E-state index contributed by atoms with van der Waals surface area (Å²) >= 11 is 1.82. The Morgan fingerprint density at radius 3 is 3.09 bits per heavy atom. The first-order valence-electron chi connectivity index (χ1n) is 4.13. The summed E-state index contributed by atoms with van der Waals surface area (Å²) in [4.78, 5) is 5.94. The second-order valence-electron chi connectivity index (χ2n) is 3.86. The van der Waals surface area contributed by atoms with E-state index in [2.05, 4.69) is 18.8 Å². The molecule has 11 heavy (non-hydrogen) atoms. The van der Waals surface area contributed by atoms with Gasteiger partial charge in [0.15, 0.2) is 0 Å². The maximum atomic E-state index is 4.43. The number of aryl methyl sites for hydroxylation is 1. The Morgan fingerprint density at radius 2 is 2.36 bits per heavy atom. The van der Waals surface area contributed by atoms with Gasteiger partial charge in [-0.1, -0.05) is 13.8 Å². The van der Waals surface area contributed by atoms with Crippen LogP contribution in [-0.4, -0.2) is 4.98 Å². The van der Waals surface area contributed by atoms with E-state index in [4.69, 9.17) is 0 Å². The predicted octanol–water partition coefficient (Wildman–Crippen LogP) is 2.76. The number of aromatic nitrogens is 1. The fraction of sp³-hybridized carbons (Fsp3) is 0.667. The van der Waals surface area contributed by atoms with Gasteiger partial charge in [-0.2, -0.15) is 0 Å². The van der Waals surface area contributed by atoms with Gasteiger partial charge in [0.1, 0.15) is 0 Å². The van der Waals surface area contributed by atoms with E-state index >= 15 is 0 Å². The lowest BCUT2D eigenvalue weighted by atomic mass is 9.79. The third kappa shape index (κ3) is 1.09. The maximum absolute atomic E-state index is 4.43. The van der Waals surface area contributed by atoms with Crippen LogP contribution < -0.4 is 0 Å². The molecule has 0 aliphatic heterocycles. The van der Waals surface area contributed by atoms with Crippen LogP contribution in [-0.2, 0) is 11.8 Å². The lowest BCUT2D eigenvalue weighted by Crippen LogP contribution is -2.23. The molecular weight excluding hydrogens is 154 g/mol. The predicted molar refractivity (Wildman–Crippen MR) is 48.1 cm³/mol.